The Balaban J connectivity index is 1.38. The highest BCUT2D eigenvalue weighted by Gasteiger charge is 2.37. The Bertz CT molecular complexity index is 1010. The summed E-state index contributed by atoms with van der Waals surface area (Å²) in [6, 6.07) is 10.3. The molecule has 2 fully saturated rings. The molecule has 2 aromatic rings. The minimum absolute atomic E-state index is 0.00637. The number of hydrogen-bond donors (Lipinski definition) is 1. The Morgan fingerprint density at radius 1 is 1.09 bits per heavy atom. The summed E-state index contributed by atoms with van der Waals surface area (Å²) in [7, 11) is 2.04. The Morgan fingerprint density at radius 3 is 2.66 bits per heavy atom. The van der Waals surface area contributed by atoms with Crippen molar-refractivity contribution in [1.29, 1.82) is 0 Å². The molecule has 0 unspecified atom stereocenters. The number of likely N-dealkylation sites (tertiary alicyclic amines) is 1. The second-order valence-corrected chi connectivity index (χ2v) is 9.92. The molecule has 1 N–H and O–H groups in total. The van der Waals surface area contributed by atoms with Crippen LogP contribution in [-0.2, 0) is 17.8 Å². The van der Waals surface area contributed by atoms with E-state index in [9.17, 15) is 9.59 Å². The highest BCUT2D eigenvalue weighted by Crippen LogP contribution is 2.39. The first-order valence-corrected chi connectivity index (χ1v) is 12.2. The number of piperidine rings is 1. The van der Waals surface area contributed by atoms with E-state index in [1.54, 1.807) is 0 Å². The molecule has 1 aliphatic carbocycles. The maximum atomic E-state index is 13.8. The number of carbonyl (C=O) groups excluding carboxylic acids is 1. The number of benzene rings is 1. The standard InChI is InChI=1S/C26H34N4O2/c1-29-15-13-22-21(17-29)25(31)28-24(27-22)20-12-7-14-30(16-20)26(32)23(19-10-5-6-11-19)18-8-3-2-4-9-18/h2-4,8-9,19-20,23H,5-7,10-17H2,1H3,(H,27,28,31)/t20-,23-/m0/s1. The van der Waals surface area contributed by atoms with Crippen LogP contribution in [0.4, 0.5) is 0 Å². The first-order chi connectivity index (χ1) is 15.6. The lowest BCUT2D eigenvalue weighted by molar-refractivity contribution is -0.135. The lowest BCUT2D eigenvalue weighted by Gasteiger charge is -2.36. The molecule has 0 radical (unpaired) electrons. The summed E-state index contributed by atoms with van der Waals surface area (Å²) >= 11 is 0. The van der Waals surface area contributed by atoms with Gasteiger partial charge in [0.15, 0.2) is 0 Å². The van der Waals surface area contributed by atoms with E-state index >= 15 is 0 Å². The van der Waals surface area contributed by atoms with Gasteiger partial charge in [0.2, 0.25) is 5.91 Å². The molecule has 170 valence electrons. The van der Waals surface area contributed by atoms with Crippen LogP contribution >= 0.6 is 0 Å². The predicted octanol–water partition coefficient (Wildman–Crippen LogP) is 3.44. The number of aromatic amines is 1. The van der Waals surface area contributed by atoms with E-state index in [2.05, 4.69) is 26.9 Å². The molecular weight excluding hydrogens is 400 g/mol. The second-order valence-electron chi connectivity index (χ2n) is 9.92. The summed E-state index contributed by atoms with van der Waals surface area (Å²) in [5, 5.41) is 0. The fraction of sp³-hybridized carbons (Fsp3) is 0.577. The van der Waals surface area contributed by atoms with Crippen molar-refractivity contribution in [3.63, 3.8) is 0 Å². The van der Waals surface area contributed by atoms with E-state index in [0.717, 1.165) is 67.8 Å². The van der Waals surface area contributed by atoms with E-state index in [1.165, 1.54) is 12.8 Å². The SMILES string of the molecule is CN1CCc2nc([C@H]3CCCN(C(=O)[C@@H](c4ccccc4)C4CCCC4)C3)[nH]c(=O)c2C1. The minimum Gasteiger partial charge on any atom is -0.341 e. The first-order valence-electron chi connectivity index (χ1n) is 12.2. The normalized spacial score (nSPS) is 23.2. The Morgan fingerprint density at radius 2 is 1.88 bits per heavy atom. The largest absolute Gasteiger partial charge is 0.341 e. The molecule has 1 aromatic heterocycles. The lowest BCUT2D eigenvalue weighted by Crippen LogP contribution is -2.44. The van der Waals surface area contributed by atoms with Crippen molar-refractivity contribution in [2.45, 2.75) is 63.3 Å². The van der Waals surface area contributed by atoms with Crippen LogP contribution in [0.2, 0.25) is 0 Å². The summed E-state index contributed by atoms with van der Waals surface area (Å²) in [5.41, 5.74) is 2.89. The number of carbonyl (C=O) groups is 1. The van der Waals surface area contributed by atoms with Crippen molar-refractivity contribution >= 4 is 5.91 Å². The van der Waals surface area contributed by atoms with Gasteiger partial charge in [0.05, 0.1) is 17.2 Å². The molecule has 0 bridgehead atoms. The van der Waals surface area contributed by atoms with E-state index in [0.29, 0.717) is 19.0 Å². The molecule has 3 aliphatic rings. The van der Waals surface area contributed by atoms with Gasteiger partial charge in [-0.2, -0.15) is 0 Å². The molecule has 6 heteroatoms. The fourth-order valence-electron chi connectivity index (χ4n) is 5.94. The zero-order chi connectivity index (χ0) is 22.1. The lowest BCUT2D eigenvalue weighted by atomic mass is 9.83. The van der Waals surface area contributed by atoms with Gasteiger partial charge < -0.3 is 14.8 Å². The minimum atomic E-state index is -0.0523. The van der Waals surface area contributed by atoms with Gasteiger partial charge in [-0.3, -0.25) is 9.59 Å². The number of nitrogens with one attached hydrogen (secondary N) is 1. The summed E-state index contributed by atoms with van der Waals surface area (Å²) in [4.78, 5) is 38.7. The molecule has 2 aliphatic heterocycles. The monoisotopic (exact) mass is 434 g/mol. The van der Waals surface area contributed by atoms with Gasteiger partial charge in [-0.15, -0.1) is 0 Å². The van der Waals surface area contributed by atoms with Crippen molar-refractivity contribution in [3.05, 3.63) is 63.3 Å². The topological polar surface area (TPSA) is 69.3 Å². The summed E-state index contributed by atoms with van der Waals surface area (Å²) in [6.45, 7) is 3.04. The van der Waals surface area contributed by atoms with Gasteiger partial charge in [-0.05, 0) is 44.2 Å². The number of H-pyrrole nitrogens is 1. The van der Waals surface area contributed by atoms with Crippen LogP contribution in [0.1, 0.15) is 73.0 Å². The quantitative estimate of drug-likeness (QED) is 0.800. The number of nitrogens with zero attached hydrogens (tertiary/aromatic N) is 3. The highest BCUT2D eigenvalue weighted by molar-refractivity contribution is 5.84. The Hall–Kier alpha value is -2.47. The van der Waals surface area contributed by atoms with E-state index in [1.807, 2.05) is 25.2 Å². The van der Waals surface area contributed by atoms with Crippen molar-refractivity contribution in [3.8, 4) is 0 Å². The Kier molecular flexibility index (Phi) is 6.13. The van der Waals surface area contributed by atoms with Crippen LogP contribution in [0.15, 0.2) is 35.1 Å². The van der Waals surface area contributed by atoms with Crippen LogP contribution in [-0.4, -0.2) is 52.4 Å². The molecule has 6 nitrogen and oxygen atoms in total. The summed E-state index contributed by atoms with van der Waals surface area (Å²) in [6.07, 6.45) is 7.44. The van der Waals surface area contributed by atoms with Crippen molar-refractivity contribution in [2.75, 3.05) is 26.7 Å². The molecule has 1 saturated carbocycles. The third kappa shape index (κ3) is 4.25. The number of hydrogen-bond acceptors (Lipinski definition) is 4. The first kappa shape index (κ1) is 21.4. The average molecular weight is 435 g/mol. The van der Waals surface area contributed by atoms with Gasteiger partial charge >= 0.3 is 0 Å². The smallest absolute Gasteiger partial charge is 0.255 e. The van der Waals surface area contributed by atoms with Gasteiger partial charge in [0.1, 0.15) is 5.82 Å². The van der Waals surface area contributed by atoms with Crippen LogP contribution in [0.3, 0.4) is 0 Å². The van der Waals surface area contributed by atoms with Gasteiger partial charge in [-0.25, -0.2) is 4.98 Å². The molecule has 1 amide bonds. The van der Waals surface area contributed by atoms with Gasteiger partial charge in [-0.1, -0.05) is 43.2 Å². The van der Waals surface area contributed by atoms with Gasteiger partial charge in [0, 0.05) is 38.5 Å². The van der Waals surface area contributed by atoms with Crippen molar-refractivity contribution in [2.24, 2.45) is 5.92 Å². The number of rotatable bonds is 4. The number of likely N-dealkylation sites (N-methyl/N-ethyl adjacent to an activating group) is 1. The van der Waals surface area contributed by atoms with Crippen molar-refractivity contribution in [1.82, 2.24) is 19.8 Å². The zero-order valence-corrected chi connectivity index (χ0v) is 19.1. The summed E-state index contributed by atoms with van der Waals surface area (Å²) < 4.78 is 0. The van der Waals surface area contributed by atoms with Crippen LogP contribution in [0.25, 0.3) is 0 Å². The predicted molar refractivity (Wildman–Crippen MR) is 125 cm³/mol. The molecule has 0 spiro atoms. The van der Waals surface area contributed by atoms with E-state index in [4.69, 9.17) is 4.98 Å². The van der Waals surface area contributed by atoms with E-state index < -0.39 is 0 Å². The molecule has 32 heavy (non-hydrogen) atoms. The molecular formula is C26H34N4O2. The maximum absolute atomic E-state index is 13.8. The van der Waals surface area contributed by atoms with E-state index in [-0.39, 0.29) is 23.3 Å². The highest BCUT2D eigenvalue weighted by atomic mass is 16.2. The molecule has 2 atom stereocenters. The van der Waals surface area contributed by atoms with Crippen molar-refractivity contribution < 1.29 is 4.79 Å². The number of fused-ring (bicyclic) bond motifs is 1. The number of amides is 1. The van der Waals surface area contributed by atoms with Crippen LogP contribution < -0.4 is 5.56 Å². The fourth-order valence-corrected chi connectivity index (χ4v) is 5.94. The number of aromatic nitrogens is 2. The third-order valence-corrected chi connectivity index (χ3v) is 7.69. The van der Waals surface area contributed by atoms with Crippen LogP contribution in [0, 0.1) is 5.92 Å². The molecule has 5 rings (SSSR count). The van der Waals surface area contributed by atoms with Crippen LogP contribution in [0.5, 0.6) is 0 Å². The maximum Gasteiger partial charge on any atom is 0.255 e. The molecule has 3 heterocycles. The molecule has 1 aromatic carbocycles. The average Bonchev–Trinajstić information content (AvgIpc) is 3.35. The van der Waals surface area contributed by atoms with Gasteiger partial charge in [0.25, 0.3) is 5.56 Å². The molecule has 1 saturated heterocycles. The summed E-state index contributed by atoms with van der Waals surface area (Å²) in [5.74, 6) is 1.51. The Labute approximate surface area is 190 Å². The third-order valence-electron chi connectivity index (χ3n) is 7.69. The zero-order valence-electron chi connectivity index (χ0n) is 19.1. The second kappa shape index (κ2) is 9.18.